The molecule has 0 spiro atoms. The summed E-state index contributed by atoms with van der Waals surface area (Å²) in [4.78, 5) is 36.8. The van der Waals surface area contributed by atoms with Crippen molar-refractivity contribution in [3.63, 3.8) is 0 Å². The van der Waals surface area contributed by atoms with E-state index in [1.165, 1.54) is 25.1 Å². The Bertz CT molecular complexity index is 756. The van der Waals surface area contributed by atoms with E-state index in [1.807, 2.05) is 0 Å². The minimum Gasteiger partial charge on any atom is -0.356 e. The maximum atomic E-state index is 12.0. The van der Waals surface area contributed by atoms with Gasteiger partial charge in [0.2, 0.25) is 0 Å². The fraction of sp³-hybridized carbons (Fsp3) is 0.0769. The first-order chi connectivity index (χ1) is 10.4. The van der Waals surface area contributed by atoms with Gasteiger partial charge in [0.25, 0.3) is 17.5 Å². The van der Waals surface area contributed by atoms with Crippen molar-refractivity contribution >= 4 is 33.4 Å². The second kappa shape index (κ2) is 6.39. The number of rotatable bonds is 3. The summed E-state index contributed by atoms with van der Waals surface area (Å²) in [5, 5.41) is 10.8. The van der Waals surface area contributed by atoms with E-state index in [0.29, 0.717) is 4.47 Å². The number of aromatic nitrogens is 1. The Kier molecular flexibility index (Phi) is 4.56. The van der Waals surface area contributed by atoms with Gasteiger partial charge in [0.1, 0.15) is 5.69 Å². The van der Waals surface area contributed by atoms with E-state index in [0.717, 1.165) is 0 Å². The Morgan fingerprint density at radius 3 is 2.55 bits per heavy atom. The predicted molar refractivity (Wildman–Crippen MR) is 81.3 cm³/mol. The van der Waals surface area contributed by atoms with Crippen molar-refractivity contribution < 1.29 is 14.5 Å². The third-order valence-corrected chi connectivity index (χ3v) is 3.39. The Balaban J connectivity index is 2.08. The molecule has 0 bridgehead atoms. The lowest BCUT2D eigenvalue weighted by molar-refractivity contribution is -0.385. The number of nitrogens with zero attached hydrogens (tertiary/aromatic N) is 1. The van der Waals surface area contributed by atoms with Gasteiger partial charge in [0, 0.05) is 22.3 Å². The largest absolute Gasteiger partial charge is 0.356 e. The summed E-state index contributed by atoms with van der Waals surface area (Å²) >= 11 is 3.19. The first-order valence-corrected chi connectivity index (χ1v) is 6.88. The molecule has 0 saturated heterocycles. The van der Waals surface area contributed by atoms with Gasteiger partial charge in [-0.1, -0.05) is 6.07 Å². The molecule has 0 fully saturated rings. The fourth-order valence-corrected chi connectivity index (χ4v) is 2.16. The molecule has 0 aliphatic heterocycles. The summed E-state index contributed by atoms with van der Waals surface area (Å²) in [6.07, 6.45) is 1.57. The van der Waals surface area contributed by atoms with Crippen molar-refractivity contribution in [2.24, 2.45) is 0 Å². The highest BCUT2D eigenvalue weighted by molar-refractivity contribution is 9.10. The molecule has 2 rings (SSSR count). The van der Waals surface area contributed by atoms with E-state index in [2.05, 4.69) is 31.8 Å². The number of hydrogen-bond acceptors (Lipinski definition) is 4. The Morgan fingerprint density at radius 2 is 1.95 bits per heavy atom. The molecule has 1 aromatic carbocycles. The molecule has 22 heavy (non-hydrogen) atoms. The van der Waals surface area contributed by atoms with Crippen LogP contribution in [0.2, 0.25) is 0 Å². The predicted octanol–water partition coefficient (Wildman–Crippen LogP) is 2.07. The molecule has 0 atom stereocenters. The zero-order valence-electron chi connectivity index (χ0n) is 11.3. The van der Waals surface area contributed by atoms with Crippen molar-refractivity contribution in [3.05, 3.63) is 61.9 Å². The highest BCUT2D eigenvalue weighted by atomic mass is 79.9. The van der Waals surface area contributed by atoms with E-state index in [-0.39, 0.29) is 22.5 Å². The number of nitrogens with one attached hydrogen (secondary N) is 3. The molecular formula is C13H11BrN4O4. The van der Waals surface area contributed by atoms with E-state index in [1.54, 1.807) is 12.3 Å². The number of nitro groups is 1. The van der Waals surface area contributed by atoms with Crippen LogP contribution in [-0.2, 0) is 0 Å². The van der Waals surface area contributed by atoms with Gasteiger partial charge in [-0.05, 0) is 35.0 Å². The lowest BCUT2D eigenvalue weighted by Gasteiger charge is -2.08. The number of hydrazine groups is 1. The number of nitro benzene ring substituents is 1. The molecule has 114 valence electrons. The number of H-pyrrole nitrogens is 1. The Morgan fingerprint density at radius 1 is 1.27 bits per heavy atom. The zero-order valence-corrected chi connectivity index (χ0v) is 12.9. The quantitative estimate of drug-likeness (QED) is 0.569. The van der Waals surface area contributed by atoms with Gasteiger partial charge in [-0.3, -0.25) is 30.6 Å². The van der Waals surface area contributed by atoms with Crippen LogP contribution in [0.15, 0.2) is 34.9 Å². The topological polar surface area (TPSA) is 117 Å². The van der Waals surface area contributed by atoms with Gasteiger partial charge >= 0.3 is 0 Å². The van der Waals surface area contributed by atoms with Crippen molar-refractivity contribution in [1.82, 2.24) is 15.8 Å². The standard InChI is InChI=1S/C13H11BrN4O4/c1-7-9(3-2-4-11(7)18(21)22)12(19)16-17-13(20)10-5-8(14)6-15-10/h2-6,15H,1H3,(H,16,19)(H,17,20). The number of halogens is 1. The zero-order chi connectivity index (χ0) is 16.3. The molecule has 3 N–H and O–H groups in total. The SMILES string of the molecule is Cc1c(C(=O)NNC(=O)c2cc(Br)c[nH]2)cccc1[N+](=O)[O-]. The number of aromatic amines is 1. The van der Waals surface area contributed by atoms with Crippen molar-refractivity contribution in [2.45, 2.75) is 6.92 Å². The van der Waals surface area contributed by atoms with Crippen LogP contribution in [0.4, 0.5) is 5.69 Å². The maximum Gasteiger partial charge on any atom is 0.286 e. The van der Waals surface area contributed by atoms with Crippen LogP contribution in [0.3, 0.4) is 0 Å². The summed E-state index contributed by atoms with van der Waals surface area (Å²) < 4.78 is 0.693. The average Bonchev–Trinajstić information content (AvgIpc) is 2.91. The molecule has 1 heterocycles. The van der Waals surface area contributed by atoms with E-state index in [4.69, 9.17) is 0 Å². The number of benzene rings is 1. The number of carbonyl (C=O) groups is 2. The van der Waals surface area contributed by atoms with Crippen molar-refractivity contribution in [1.29, 1.82) is 0 Å². The van der Waals surface area contributed by atoms with Crippen molar-refractivity contribution in [3.8, 4) is 0 Å². The lowest BCUT2D eigenvalue weighted by atomic mass is 10.1. The number of hydrogen-bond donors (Lipinski definition) is 3. The highest BCUT2D eigenvalue weighted by Gasteiger charge is 2.18. The second-order valence-electron chi connectivity index (χ2n) is 4.35. The molecular weight excluding hydrogens is 356 g/mol. The summed E-state index contributed by atoms with van der Waals surface area (Å²) in [6, 6.07) is 5.69. The van der Waals surface area contributed by atoms with E-state index >= 15 is 0 Å². The van der Waals surface area contributed by atoms with Gasteiger partial charge in [0.05, 0.1) is 10.5 Å². The minimum atomic E-state index is -0.639. The van der Waals surface area contributed by atoms with Gasteiger partial charge in [-0.25, -0.2) is 0 Å². The van der Waals surface area contributed by atoms with Crippen LogP contribution >= 0.6 is 15.9 Å². The van der Waals surface area contributed by atoms with Crippen LogP contribution in [0, 0.1) is 17.0 Å². The van der Waals surface area contributed by atoms with E-state index in [9.17, 15) is 19.7 Å². The van der Waals surface area contributed by atoms with Crippen LogP contribution < -0.4 is 10.9 Å². The molecule has 8 nitrogen and oxygen atoms in total. The second-order valence-corrected chi connectivity index (χ2v) is 5.26. The third-order valence-electron chi connectivity index (χ3n) is 2.93. The van der Waals surface area contributed by atoms with Crippen molar-refractivity contribution in [2.75, 3.05) is 0 Å². The summed E-state index contributed by atoms with van der Waals surface area (Å²) in [7, 11) is 0. The number of amides is 2. The molecule has 2 amide bonds. The molecule has 0 aliphatic rings. The first kappa shape index (κ1) is 15.7. The van der Waals surface area contributed by atoms with Gasteiger partial charge < -0.3 is 4.98 Å². The van der Waals surface area contributed by atoms with E-state index < -0.39 is 16.7 Å². The van der Waals surface area contributed by atoms with Crippen LogP contribution in [-0.4, -0.2) is 21.7 Å². The smallest absolute Gasteiger partial charge is 0.286 e. The fourth-order valence-electron chi connectivity index (χ4n) is 1.81. The first-order valence-electron chi connectivity index (χ1n) is 6.08. The van der Waals surface area contributed by atoms with Gasteiger partial charge in [0.15, 0.2) is 0 Å². The van der Waals surface area contributed by atoms with Gasteiger partial charge in [-0.2, -0.15) is 0 Å². The summed E-state index contributed by atoms with van der Waals surface area (Å²) in [5.74, 6) is -1.18. The number of carbonyl (C=O) groups excluding carboxylic acids is 2. The molecule has 0 saturated carbocycles. The third kappa shape index (κ3) is 3.31. The highest BCUT2D eigenvalue weighted by Crippen LogP contribution is 2.20. The van der Waals surface area contributed by atoms with Crippen LogP contribution in [0.25, 0.3) is 0 Å². The average molecular weight is 367 g/mol. The molecule has 1 aromatic heterocycles. The minimum absolute atomic E-state index is 0.113. The molecule has 2 aromatic rings. The normalized spacial score (nSPS) is 10.1. The summed E-state index contributed by atoms with van der Waals surface area (Å²) in [6.45, 7) is 1.47. The van der Waals surface area contributed by atoms with Gasteiger partial charge in [-0.15, -0.1) is 0 Å². The Hall–Kier alpha value is -2.68. The monoisotopic (exact) mass is 366 g/mol. The van der Waals surface area contributed by atoms with Crippen LogP contribution in [0.1, 0.15) is 26.4 Å². The molecule has 0 unspecified atom stereocenters. The molecule has 0 aliphatic carbocycles. The molecule has 0 radical (unpaired) electrons. The maximum absolute atomic E-state index is 12.0. The Labute approximate surface area is 133 Å². The summed E-state index contributed by atoms with van der Waals surface area (Å²) in [5.41, 5.74) is 4.87. The van der Waals surface area contributed by atoms with Crippen LogP contribution in [0.5, 0.6) is 0 Å². The molecule has 9 heteroatoms. The lowest BCUT2D eigenvalue weighted by Crippen LogP contribution is -2.42.